The molecule has 1 saturated heterocycles. The van der Waals surface area contributed by atoms with Crippen LogP contribution in [0.5, 0.6) is 0 Å². The summed E-state index contributed by atoms with van der Waals surface area (Å²) in [6.07, 6.45) is 4.02. The van der Waals surface area contributed by atoms with Gasteiger partial charge in [-0.2, -0.15) is 4.98 Å². The van der Waals surface area contributed by atoms with Crippen molar-refractivity contribution in [1.82, 2.24) is 14.6 Å². The Morgan fingerprint density at radius 2 is 2.11 bits per heavy atom. The highest BCUT2D eigenvalue weighted by atomic mass is 16.4. The number of nitrogens with zero attached hydrogens (tertiary/aromatic N) is 4. The number of nitrogens with two attached hydrogens (primary N) is 1. The lowest BCUT2D eigenvalue weighted by atomic mass is 10.2. The molecule has 0 amide bonds. The van der Waals surface area contributed by atoms with Crippen LogP contribution < -0.4 is 10.6 Å². The molecule has 2 aromatic rings. The molecule has 1 aliphatic rings. The Kier molecular flexibility index (Phi) is 2.32. The number of carbonyl (C=O) groups is 1. The zero-order valence-corrected chi connectivity index (χ0v) is 9.70. The minimum atomic E-state index is -1.02. The molecule has 94 valence electrons. The number of carboxylic acid groups (broad SMARTS) is 1. The molecule has 18 heavy (non-hydrogen) atoms. The molecule has 7 nitrogen and oxygen atoms in total. The number of anilines is 2. The van der Waals surface area contributed by atoms with Crippen LogP contribution in [0.4, 0.5) is 11.6 Å². The Hall–Kier alpha value is -2.31. The van der Waals surface area contributed by atoms with E-state index in [9.17, 15) is 9.90 Å². The average Bonchev–Trinajstić information content (AvgIpc) is 2.93. The second kappa shape index (κ2) is 3.86. The molecule has 3 heterocycles. The van der Waals surface area contributed by atoms with Gasteiger partial charge in [-0.15, -0.1) is 5.10 Å². The molecule has 0 radical (unpaired) electrons. The van der Waals surface area contributed by atoms with Gasteiger partial charge in [0.1, 0.15) is 5.56 Å². The summed E-state index contributed by atoms with van der Waals surface area (Å²) in [5.74, 6) is -0.940. The minimum Gasteiger partial charge on any atom is -0.478 e. The minimum absolute atomic E-state index is 0.0797. The second-order valence-electron chi connectivity index (χ2n) is 4.35. The van der Waals surface area contributed by atoms with Gasteiger partial charge in [0.25, 0.3) is 0 Å². The van der Waals surface area contributed by atoms with Gasteiger partial charge in [-0.1, -0.05) is 0 Å². The standard InChI is InChI=1S/C11H13N5O2/c12-11-13-9-8(10(17)18)5-7(6-16(9)14-11)15-3-1-2-4-15/h5-6H,1-4H2,(H2,12,14)(H,17,18). The first-order valence-corrected chi connectivity index (χ1v) is 5.79. The van der Waals surface area contributed by atoms with Crippen LogP contribution in [0, 0.1) is 0 Å². The maximum atomic E-state index is 11.3. The zero-order chi connectivity index (χ0) is 12.7. The number of carboxylic acids is 1. The zero-order valence-electron chi connectivity index (χ0n) is 9.70. The average molecular weight is 247 g/mol. The molecular formula is C11H13N5O2. The predicted molar refractivity (Wildman–Crippen MR) is 65.8 cm³/mol. The van der Waals surface area contributed by atoms with Crippen LogP contribution >= 0.6 is 0 Å². The third-order valence-electron chi connectivity index (χ3n) is 3.14. The molecule has 1 aliphatic heterocycles. The van der Waals surface area contributed by atoms with Crippen molar-refractivity contribution < 1.29 is 9.90 Å². The lowest BCUT2D eigenvalue weighted by Gasteiger charge is -2.17. The summed E-state index contributed by atoms with van der Waals surface area (Å²) in [5.41, 5.74) is 6.77. The number of pyridine rings is 1. The first-order valence-electron chi connectivity index (χ1n) is 5.79. The van der Waals surface area contributed by atoms with Crippen LogP contribution in [0.1, 0.15) is 23.2 Å². The fourth-order valence-electron chi connectivity index (χ4n) is 2.29. The van der Waals surface area contributed by atoms with Crippen LogP contribution in [-0.4, -0.2) is 38.8 Å². The van der Waals surface area contributed by atoms with E-state index >= 15 is 0 Å². The lowest BCUT2D eigenvalue weighted by molar-refractivity contribution is 0.0698. The number of rotatable bonds is 2. The van der Waals surface area contributed by atoms with Crippen LogP contribution in [0.3, 0.4) is 0 Å². The van der Waals surface area contributed by atoms with Gasteiger partial charge >= 0.3 is 5.97 Å². The summed E-state index contributed by atoms with van der Waals surface area (Å²) in [6.45, 7) is 1.88. The summed E-state index contributed by atoms with van der Waals surface area (Å²) in [7, 11) is 0. The van der Waals surface area contributed by atoms with Crippen molar-refractivity contribution in [3.8, 4) is 0 Å². The topological polar surface area (TPSA) is 96.7 Å². The molecule has 2 aromatic heterocycles. The predicted octanol–water partition coefficient (Wildman–Crippen LogP) is 0.610. The van der Waals surface area contributed by atoms with Gasteiger partial charge in [0.2, 0.25) is 5.95 Å². The van der Waals surface area contributed by atoms with E-state index in [2.05, 4.69) is 15.0 Å². The van der Waals surface area contributed by atoms with Crippen molar-refractivity contribution in [3.63, 3.8) is 0 Å². The third-order valence-corrected chi connectivity index (χ3v) is 3.14. The first-order chi connectivity index (χ1) is 8.65. The summed E-state index contributed by atoms with van der Waals surface area (Å²) in [6, 6.07) is 1.64. The van der Waals surface area contributed by atoms with Crippen molar-refractivity contribution in [1.29, 1.82) is 0 Å². The number of aromatic carboxylic acids is 1. The normalized spacial score (nSPS) is 15.4. The van der Waals surface area contributed by atoms with Crippen molar-refractivity contribution in [2.45, 2.75) is 12.8 Å². The van der Waals surface area contributed by atoms with Gasteiger partial charge < -0.3 is 15.7 Å². The molecule has 7 heteroatoms. The van der Waals surface area contributed by atoms with Crippen molar-refractivity contribution in [2.75, 3.05) is 23.7 Å². The molecule has 0 aliphatic carbocycles. The molecular weight excluding hydrogens is 234 g/mol. The number of hydrogen-bond acceptors (Lipinski definition) is 5. The van der Waals surface area contributed by atoms with E-state index < -0.39 is 5.97 Å². The maximum Gasteiger partial charge on any atom is 0.339 e. The van der Waals surface area contributed by atoms with Crippen LogP contribution in [0.15, 0.2) is 12.3 Å². The van der Waals surface area contributed by atoms with Gasteiger partial charge in [-0.3, -0.25) is 0 Å². The largest absolute Gasteiger partial charge is 0.478 e. The molecule has 0 bridgehead atoms. The number of aromatic nitrogens is 3. The van der Waals surface area contributed by atoms with Crippen molar-refractivity contribution >= 4 is 23.3 Å². The van der Waals surface area contributed by atoms with E-state index in [1.165, 1.54) is 4.52 Å². The first kappa shape index (κ1) is 10.8. The molecule has 0 spiro atoms. The Bertz CT molecular complexity index is 615. The Morgan fingerprint density at radius 3 is 2.78 bits per heavy atom. The Balaban J connectivity index is 2.18. The lowest BCUT2D eigenvalue weighted by Crippen LogP contribution is -2.19. The molecule has 0 atom stereocenters. The van der Waals surface area contributed by atoms with Crippen molar-refractivity contribution in [2.24, 2.45) is 0 Å². The summed E-state index contributed by atoms with van der Waals surface area (Å²) >= 11 is 0. The van der Waals surface area contributed by atoms with Crippen LogP contribution in [0.2, 0.25) is 0 Å². The van der Waals surface area contributed by atoms with Crippen LogP contribution in [0.25, 0.3) is 5.65 Å². The van der Waals surface area contributed by atoms with Gasteiger partial charge in [0.05, 0.1) is 11.9 Å². The number of fused-ring (bicyclic) bond motifs is 1. The van der Waals surface area contributed by atoms with E-state index in [-0.39, 0.29) is 17.2 Å². The van der Waals surface area contributed by atoms with Gasteiger partial charge in [0, 0.05) is 13.1 Å². The van der Waals surface area contributed by atoms with Gasteiger partial charge in [-0.05, 0) is 18.9 Å². The number of hydrogen-bond donors (Lipinski definition) is 2. The second-order valence-corrected chi connectivity index (χ2v) is 4.35. The maximum absolute atomic E-state index is 11.3. The fraction of sp³-hybridized carbons (Fsp3) is 0.364. The van der Waals surface area contributed by atoms with E-state index in [1.807, 2.05) is 0 Å². The van der Waals surface area contributed by atoms with Gasteiger partial charge in [-0.25, -0.2) is 9.31 Å². The summed E-state index contributed by atoms with van der Waals surface area (Å²) in [5, 5.41) is 13.2. The quantitative estimate of drug-likeness (QED) is 0.807. The highest BCUT2D eigenvalue weighted by Gasteiger charge is 2.19. The Labute approximate surface area is 103 Å². The summed E-state index contributed by atoms with van der Waals surface area (Å²) < 4.78 is 1.44. The SMILES string of the molecule is Nc1nc2c(C(=O)O)cc(N3CCCC3)cn2n1. The fourth-order valence-corrected chi connectivity index (χ4v) is 2.29. The van der Waals surface area contributed by atoms with E-state index in [0.717, 1.165) is 31.6 Å². The highest BCUT2D eigenvalue weighted by Crippen LogP contribution is 2.23. The third kappa shape index (κ3) is 1.64. The van der Waals surface area contributed by atoms with Crippen LogP contribution in [-0.2, 0) is 0 Å². The molecule has 0 aromatic carbocycles. The van der Waals surface area contributed by atoms with E-state index in [0.29, 0.717) is 0 Å². The molecule has 0 unspecified atom stereocenters. The Morgan fingerprint density at radius 1 is 1.39 bits per heavy atom. The molecule has 3 rings (SSSR count). The summed E-state index contributed by atoms with van der Waals surface area (Å²) in [4.78, 5) is 17.3. The molecule has 0 saturated carbocycles. The molecule has 3 N–H and O–H groups in total. The van der Waals surface area contributed by atoms with Gasteiger partial charge in [0.15, 0.2) is 5.65 Å². The highest BCUT2D eigenvalue weighted by molar-refractivity contribution is 5.95. The van der Waals surface area contributed by atoms with E-state index in [1.54, 1.807) is 12.3 Å². The molecule has 1 fully saturated rings. The monoisotopic (exact) mass is 247 g/mol. The van der Waals surface area contributed by atoms with Crippen molar-refractivity contribution in [3.05, 3.63) is 17.8 Å². The smallest absolute Gasteiger partial charge is 0.339 e. The van der Waals surface area contributed by atoms with E-state index in [4.69, 9.17) is 5.73 Å². The number of nitrogen functional groups attached to an aromatic ring is 1.